The van der Waals surface area contributed by atoms with Gasteiger partial charge in [0.05, 0.1) is 6.61 Å². The van der Waals surface area contributed by atoms with Crippen LogP contribution in [0.3, 0.4) is 0 Å². The summed E-state index contributed by atoms with van der Waals surface area (Å²) in [5.41, 5.74) is 0.363. The third-order valence-electron chi connectivity index (χ3n) is 4.30. The lowest BCUT2D eigenvalue weighted by Gasteiger charge is -2.39. The van der Waals surface area contributed by atoms with Crippen LogP contribution in [0.4, 0.5) is 0 Å². The Kier molecular flexibility index (Phi) is 5.42. The largest absolute Gasteiger partial charge is 0.381 e. The van der Waals surface area contributed by atoms with Crippen molar-refractivity contribution in [3.63, 3.8) is 0 Å². The van der Waals surface area contributed by atoms with Gasteiger partial charge in [-0.25, -0.2) is 0 Å². The molecule has 4 nitrogen and oxygen atoms in total. The van der Waals surface area contributed by atoms with Crippen molar-refractivity contribution in [3.8, 4) is 0 Å². The SMILES string of the molecule is CCCN1CCN(CC2(CNC)CCOC2)CC1. The molecule has 0 radical (unpaired) electrons. The predicted octanol–water partition coefficient (Wildman–Crippen LogP) is 0.640. The fourth-order valence-corrected chi connectivity index (χ4v) is 3.31. The van der Waals surface area contributed by atoms with Crippen LogP contribution in [0.25, 0.3) is 0 Å². The third-order valence-corrected chi connectivity index (χ3v) is 4.30. The fraction of sp³-hybridized carbons (Fsp3) is 1.00. The van der Waals surface area contributed by atoms with Gasteiger partial charge in [-0.1, -0.05) is 6.92 Å². The Morgan fingerprint density at radius 2 is 1.89 bits per heavy atom. The molecule has 1 N–H and O–H groups in total. The molecule has 106 valence electrons. The molecule has 2 fully saturated rings. The minimum Gasteiger partial charge on any atom is -0.381 e. The molecule has 1 unspecified atom stereocenters. The van der Waals surface area contributed by atoms with E-state index in [-0.39, 0.29) is 0 Å². The maximum absolute atomic E-state index is 5.64. The van der Waals surface area contributed by atoms with Gasteiger partial charge in [0, 0.05) is 51.3 Å². The summed E-state index contributed by atoms with van der Waals surface area (Å²) in [6, 6.07) is 0. The normalized spacial score (nSPS) is 31.0. The van der Waals surface area contributed by atoms with Crippen molar-refractivity contribution in [1.29, 1.82) is 0 Å². The molecule has 2 aliphatic rings. The highest BCUT2D eigenvalue weighted by molar-refractivity contribution is 4.89. The molecule has 0 bridgehead atoms. The number of rotatable bonds is 6. The highest BCUT2D eigenvalue weighted by Gasteiger charge is 2.36. The fourth-order valence-electron chi connectivity index (χ4n) is 3.31. The summed E-state index contributed by atoms with van der Waals surface area (Å²) in [5.74, 6) is 0. The number of hydrogen-bond acceptors (Lipinski definition) is 4. The van der Waals surface area contributed by atoms with E-state index in [1.54, 1.807) is 0 Å². The Bertz CT molecular complexity index is 233. The highest BCUT2D eigenvalue weighted by Crippen LogP contribution is 2.29. The molecule has 2 aliphatic heterocycles. The first-order valence-corrected chi connectivity index (χ1v) is 7.45. The topological polar surface area (TPSA) is 27.7 Å². The van der Waals surface area contributed by atoms with E-state index in [2.05, 4.69) is 29.1 Å². The molecule has 0 aromatic rings. The molecule has 18 heavy (non-hydrogen) atoms. The van der Waals surface area contributed by atoms with Crippen LogP contribution in [0.5, 0.6) is 0 Å². The Hall–Kier alpha value is -0.160. The lowest BCUT2D eigenvalue weighted by atomic mass is 9.86. The minimum absolute atomic E-state index is 0.363. The molecular formula is C14H29N3O. The van der Waals surface area contributed by atoms with Crippen molar-refractivity contribution in [2.45, 2.75) is 19.8 Å². The summed E-state index contributed by atoms with van der Waals surface area (Å²) in [6.45, 7) is 12.6. The van der Waals surface area contributed by atoms with Gasteiger partial charge in [0.15, 0.2) is 0 Å². The molecule has 0 saturated carbocycles. The molecule has 2 saturated heterocycles. The van der Waals surface area contributed by atoms with E-state index in [4.69, 9.17) is 4.74 Å². The van der Waals surface area contributed by atoms with Gasteiger partial charge in [-0.2, -0.15) is 0 Å². The van der Waals surface area contributed by atoms with E-state index in [9.17, 15) is 0 Å². The number of nitrogens with one attached hydrogen (secondary N) is 1. The maximum atomic E-state index is 5.64. The molecule has 0 amide bonds. The van der Waals surface area contributed by atoms with Gasteiger partial charge in [0.25, 0.3) is 0 Å². The van der Waals surface area contributed by atoms with Gasteiger partial charge in [-0.15, -0.1) is 0 Å². The van der Waals surface area contributed by atoms with E-state index >= 15 is 0 Å². The molecular weight excluding hydrogens is 226 g/mol. The predicted molar refractivity (Wildman–Crippen MR) is 75.0 cm³/mol. The van der Waals surface area contributed by atoms with Crippen LogP contribution in [-0.4, -0.2) is 75.9 Å². The first-order chi connectivity index (χ1) is 8.78. The number of hydrogen-bond donors (Lipinski definition) is 1. The van der Waals surface area contributed by atoms with Crippen LogP contribution in [0.2, 0.25) is 0 Å². The summed E-state index contributed by atoms with van der Waals surface area (Å²) >= 11 is 0. The van der Waals surface area contributed by atoms with Crippen LogP contribution in [0, 0.1) is 5.41 Å². The van der Waals surface area contributed by atoms with Crippen LogP contribution in [0.15, 0.2) is 0 Å². The molecule has 0 aromatic carbocycles. The summed E-state index contributed by atoms with van der Waals surface area (Å²) in [7, 11) is 2.05. The standard InChI is InChI=1S/C14H29N3O/c1-3-5-16-6-8-17(9-7-16)12-14(11-15-2)4-10-18-13-14/h15H,3-13H2,1-2H3. The van der Waals surface area contributed by atoms with Crippen LogP contribution in [0.1, 0.15) is 19.8 Å². The van der Waals surface area contributed by atoms with Gasteiger partial charge in [0.2, 0.25) is 0 Å². The molecule has 2 rings (SSSR count). The van der Waals surface area contributed by atoms with Crippen LogP contribution in [-0.2, 0) is 4.74 Å². The minimum atomic E-state index is 0.363. The Balaban J connectivity index is 1.79. The second kappa shape index (κ2) is 6.85. The highest BCUT2D eigenvalue weighted by atomic mass is 16.5. The van der Waals surface area contributed by atoms with Gasteiger partial charge >= 0.3 is 0 Å². The number of nitrogens with zero attached hydrogens (tertiary/aromatic N) is 2. The van der Waals surface area contributed by atoms with E-state index in [1.807, 2.05) is 0 Å². The van der Waals surface area contributed by atoms with Crippen LogP contribution >= 0.6 is 0 Å². The van der Waals surface area contributed by atoms with Crippen molar-refractivity contribution in [3.05, 3.63) is 0 Å². The van der Waals surface area contributed by atoms with Crippen molar-refractivity contribution in [1.82, 2.24) is 15.1 Å². The summed E-state index contributed by atoms with van der Waals surface area (Å²) in [4.78, 5) is 5.23. The van der Waals surface area contributed by atoms with Gasteiger partial charge in [-0.05, 0) is 26.4 Å². The zero-order chi connectivity index (χ0) is 12.8. The van der Waals surface area contributed by atoms with E-state index in [1.165, 1.54) is 52.1 Å². The maximum Gasteiger partial charge on any atom is 0.0547 e. The van der Waals surface area contributed by atoms with Gasteiger partial charge < -0.3 is 19.9 Å². The van der Waals surface area contributed by atoms with Crippen LogP contribution < -0.4 is 5.32 Å². The lowest BCUT2D eigenvalue weighted by Crippen LogP contribution is -2.52. The first kappa shape index (κ1) is 14.3. The number of piperazine rings is 1. The Morgan fingerprint density at radius 3 is 2.44 bits per heavy atom. The molecule has 1 atom stereocenters. The number of ether oxygens (including phenoxy) is 1. The first-order valence-electron chi connectivity index (χ1n) is 7.45. The Labute approximate surface area is 112 Å². The monoisotopic (exact) mass is 255 g/mol. The summed E-state index contributed by atoms with van der Waals surface area (Å²) in [6.07, 6.45) is 2.49. The summed E-state index contributed by atoms with van der Waals surface area (Å²) < 4.78 is 5.64. The van der Waals surface area contributed by atoms with Crippen molar-refractivity contribution < 1.29 is 4.74 Å². The van der Waals surface area contributed by atoms with Crippen molar-refractivity contribution >= 4 is 0 Å². The third kappa shape index (κ3) is 3.67. The average Bonchev–Trinajstić information content (AvgIpc) is 2.81. The van der Waals surface area contributed by atoms with E-state index < -0.39 is 0 Å². The van der Waals surface area contributed by atoms with E-state index in [0.717, 1.165) is 19.8 Å². The lowest BCUT2D eigenvalue weighted by molar-refractivity contribution is 0.0722. The van der Waals surface area contributed by atoms with Gasteiger partial charge in [0.1, 0.15) is 0 Å². The summed E-state index contributed by atoms with van der Waals surface area (Å²) in [5, 5.41) is 3.35. The molecule has 2 heterocycles. The zero-order valence-corrected chi connectivity index (χ0v) is 12.1. The van der Waals surface area contributed by atoms with Gasteiger partial charge in [-0.3, -0.25) is 0 Å². The van der Waals surface area contributed by atoms with E-state index in [0.29, 0.717) is 5.41 Å². The second-order valence-corrected chi connectivity index (χ2v) is 5.95. The quantitative estimate of drug-likeness (QED) is 0.754. The molecule has 4 heteroatoms. The second-order valence-electron chi connectivity index (χ2n) is 5.95. The molecule has 0 spiro atoms. The molecule has 0 aliphatic carbocycles. The molecule has 0 aromatic heterocycles. The van der Waals surface area contributed by atoms with Crippen molar-refractivity contribution in [2.24, 2.45) is 5.41 Å². The zero-order valence-electron chi connectivity index (χ0n) is 12.1. The van der Waals surface area contributed by atoms with Crippen molar-refractivity contribution in [2.75, 3.05) is 66.1 Å². The smallest absolute Gasteiger partial charge is 0.0547 e. The Morgan fingerprint density at radius 1 is 1.17 bits per heavy atom. The average molecular weight is 255 g/mol.